The van der Waals surface area contributed by atoms with Crippen molar-refractivity contribution < 1.29 is 27.8 Å². The number of hydrogen-bond acceptors (Lipinski definition) is 3. The van der Waals surface area contributed by atoms with Gasteiger partial charge in [-0.15, -0.1) is 0 Å². The zero-order chi connectivity index (χ0) is 14.3. The van der Waals surface area contributed by atoms with E-state index in [1.807, 2.05) is 0 Å². The Morgan fingerprint density at radius 1 is 1.35 bits per heavy atom. The number of alkyl halides is 3. The molecule has 4 nitrogen and oxygen atoms in total. The second-order valence-electron chi connectivity index (χ2n) is 4.78. The van der Waals surface area contributed by atoms with Crippen LogP contribution in [0.1, 0.15) is 27.2 Å². The molecule has 0 saturated heterocycles. The van der Waals surface area contributed by atoms with Gasteiger partial charge in [-0.25, -0.2) is 4.79 Å². The molecular weight excluding hydrogens is 239 g/mol. The van der Waals surface area contributed by atoms with Crippen molar-refractivity contribution in [2.24, 2.45) is 11.1 Å². The lowest BCUT2D eigenvalue weighted by atomic mass is 9.89. The highest BCUT2D eigenvalue weighted by Gasteiger charge is 2.38. The van der Waals surface area contributed by atoms with Gasteiger partial charge in [0.05, 0.1) is 6.61 Å². The van der Waals surface area contributed by atoms with E-state index in [0.717, 1.165) is 6.42 Å². The number of ether oxygens (including phenoxy) is 1. The van der Waals surface area contributed by atoms with Crippen molar-refractivity contribution in [3.8, 4) is 0 Å². The van der Waals surface area contributed by atoms with Crippen LogP contribution in [0.5, 0.6) is 0 Å². The SMILES string of the molecule is COC[C@@H](N)CC(C)(C)C.O=C(O)C(F)(F)F. The minimum Gasteiger partial charge on any atom is -0.475 e. The lowest BCUT2D eigenvalue weighted by molar-refractivity contribution is -0.192. The lowest BCUT2D eigenvalue weighted by Gasteiger charge is -2.22. The first-order valence-corrected chi connectivity index (χ1v) is 4.94. The Morgan fingerprint density at radius 2 is 1.71 bits per heavy atom. The van der Waals surface area contributed by atoms with E-state index in [4.69, 9.17) is 20.4 Å². The molecule has 0 bridgehead atoms. The highest BCUT2D eigenvalue weighted by molar-refractivity contribution is 5.73. The van der Waals surface area contributed by atoms with Crippen LogP contribution in [0.2, 0.25) is 0 Å². The molecular formula is C10H20F3NO3. The molecule has 0 aromatic carbocycles. The third-order valence-electron chi connectivity index (χ3n) is 1.50. The van der Waals surface area contributed by atoms with Gasteiger partial charge in [-0.3, -0.25) is 0 Å². The number of methoxy groups -OCH3 is 1. The number of carbonyl (C=O) groups is 1. The Morgan fingerprint density at radius 3 is 1.88 bits per heavy atom. The summed E-state index contributed by atoms with van der Waals surface area (Å²) in [7, 11) is 1.68. The molecule has 0 amide bonds. The van der Waals surface area contributed by atoms with E-state index >= 15 is 0 Å². The van der Waals surface area contributed by atoms with E-state index < -0.39 is 12.1 Å². The minimum atomic E-state index is -5.08. The Labute approximate surface area is 98.9 Å². The summed E-state index contributed by atoms with van der Waals surface area (Å²) in [6.07, 6.45) is -4.07. The molecule has 0 heterocycles. The normalized spacial score (nSPS) is 13.6. The molecule has 104 valence electrons. The summed E-state index contributed by atoms with van der Waals surface area (Å²) in [5.74, 6) is -2.76. The molecule has 7 heteroatoms. The van der Waals surface area contributed by atoms with Crippen LogP contribution in [-0.4, -0.2) is 37.0 Å². The smallest absolute Gasteiger partial charge is 0.475 e. The fourth-order valence-corrected chi connectivity index (χ4v) is 1.06. The summed E-state index contributed by atoms with van der Waals surface area (Å²) in [5, 5.41) is 7.12. The number of carboxylic acids is 1. The number of carboxylic acid groups (broad SMARTS) is 1. The Bertz CT molecular complexity index is 224. The second kappa shape index (κ2) is 7.50. The van der Waals surface area contributed by atoms with Gasteiger partial charge in [0.25, 0.3) is 0 Å². The first-order chi connectivity index (χ1) is 7.40. The topological polar surface area (TPSA) is 72.5 Å². The Hall–Kier alpha value is -0.820. The van der Waals surface area contributed by atoms with Crippen molar-refractivity contribution in [3.63, 3.8) is 0 Å². The minimum absolute atomic E-state index is 0.185. The van der Waals surface area contributed by atoms with Crippen LogP contribution < -0.4 is 5.73 Å². The van der Waals surface area contributed by atoms with Crippen LogP contribution in [0.25, 0.3) is 0 Å². The standard InChI is InChI=1S/C8H19NO.C2HF3O2/c1-8(2,3)5-7(9)6-10-4;3-2(4,5)1(6)7/h7H,5-6,9H2,1-4H3;(H,6,7)/t7-;/m0./s1. The summed E-state index contributed by atoms with van der Waals surface area (Å²) in [6, 6.07) is 0.185. The highest BCUT2D eigenvalue weighted by atomic mass is 19.4. The summed E-state index contributed by atoms with van der Waals surface area (Å²) < 4.78 is 36.7. The average molecular weight is 259 g/mol. The zero-order valence-electron chi connectivity index (χ0n) is 10.5. The lowest BCUT2D eigenvalue weighted by Crippen LogP contribution is -2.30. The van der Waals surface area contributed by atoms with Crippen LogP contribution in [0.3, 0.4) is 0 Å². The summed E-state index contributed by atoms with van der Waals surface area (Å²) >= 11 is 0. The van der Waals surface area contributed by atoms with Gasteiger partial charge >= 0.3 is 12.1 Å². The monoisotopic (exact) mass is 259 g/mol. The van der Waals surface area contributed by atoms with E-state index in [1.54, 1.807) is 7.11 Å². The number of halogens is 3. The molecule has 0 aliphatic rings. The first kappa shape index (κ1) is 18.5. The molecule has 17 heavy (non-hydrogen) atoms. The van der Waals surface area contributed by atoms with Gasteiger partial charge in [-0.1, -0.05) is 20.8 Å². The maximum atomic E-state index is 10.6. The van der Waals surface area contributed by atoms with Crippen molar-refractivity contribution in [1.29, 1.82) is 0 Å². The van der Waals surface area contributed by atoms with E-state index in [0.29, 0.717) is 12.0 Å². The molecule has 0 spiro atoms. The van der Waals surface area contributed by atoms with E-state index in [1.165, 1.54) is 0 Å². The number of aliphatic carboxylic acids is 1. The predicted molar refractivity (Wildman–Crippen MR) is 57.6 cm³/mol. The molecule has 0 radical (unpaired) electrons. The molecule has 0 rings (SSSR count). The quantitative estimate of drug-likeness (QED) is 0.813. The van der Waals surface area contributed by atoms with Gasteiger partial charge in [0.1, 0.15) is 0 Å². The molecule has 0 saturated carbocycles. The maximum Gasteiger partial charge on any atom is 0.490 e. The van der Waals surface area contributed by atoms with Crippen molar-refractivity contribution in [1.82, 2.24) is 0 Å². The largest absolute Gasteiger partial charge is 0.490 e. The van der Waals surface area contributed by atoms with Crippen LogP contribution in [0, 0.1) is 5.41 Å². The Balaban J connectivity index is 0. The number of nitrogens with two attached hydrogens (primary N) is 1. The number of hydrogen-bond donors (Lipinski definition) is 2. The third kappa shape index (κ3) is 15.2. The molecule has 0 fully saturated rings. The van der Waals surface area contributed by atoms with Gasteiger partial charge in [0.15, 0.2) is 0 Å². The molecule has 1 atom stereocenters. The maximum absolute atomic E-state index is 10.6. The summed E-state index contributed by atoms with van der Waals surface area (Å²) in [5.41, 5.74) is 6.06. The third-order valence-corrected chi connectivity index (χ3v) is 1.50. The van der Waals surface area contributed by atoms with E-state index in [2.05, 4.69) is 20.8 Å². The highest BCUT2D eigenvalue weighted by Crippen LogP contribution is 2.19. The Kier molecular flexibility index (Phi) is 8.18. The molecule has 0 aliphatic carbocycles. The molecule has 0 aromatic heterocycles. The van der Waals surface area contributed by atoms with Gasteiger partial charge in [0, 0.05) is 13.2 Å². The molecule has 3 N–H and O–H groups in total. The van der Waals surface area contributed by atoms with E-state index in [9.17, 15) is 13.2 Å². The van der Waals surface area contributed by atoms with Gasteiger partial charge in [0.2, 0.25) is 0 Å². The van der Waals surface area contributed by atoms with Crippen molar-refractivity contribution >= 4 is 5.97 Å². The molecule has 0 unspecified atom stereocenters. The van der Waals surface area contributed by atoms with E-state index in [-0.39, 0.29) is 6.04 Å². The van der Waals surface area contributed by atoms with Crippen molar-refractivity contribution in [2.75, 3.05) is 13.7 Å². The predicted octanol–water partition coefficient (Wildman–Crippen LogP) is 2.03. The zero-order valence-corrected chi connectivity index (χ0v) is 10.5. The fraction of sp³-hybridized carbons (Fsp3) is 0.900. The van der Waals surface area contributed by atoms with Crippen molar-refractivity contribution in [2.45, 2.75) is 39.4 Å². The van der Waals surface area contributed by atoms with Crippen LogP contribution >= 0.6 is 0 Å². The van der Waals surface area contributed by atoms with Gasteiger partial charge in [-0.05, 0) is 11.8 Å². The first-order valence-electron chi connectivity index (χ1n) is 4.94. The van der Waals surface area contributed by atoms with Gasteiger partial charge in [-0.2, -0.15) is 13.2 Å². The molecule has 0 aromatic rings. The number of rotatable bonds is 3. The molecule has 0 aliphatic heterocycles. The van der Waals surface area contributed by atoms with Crippen LogP contribution in [0.4, 0.5) is 13.2 Å². The summed E-state index contributed by atoms with van der Waals surface area (Å²) in [6.45, 7) is 7.21. The average Bonchev–Trinajstić information content (AvgIpc) is 1.99. The van der Waals surface area contributed by atoms with Crippen molar-refractivity contribution in [3.05, 3.63) is 0 Å². The van der Waals surface area contributed by atoms with Gasteiger partial charge < -0.3 is 15.6 Å². The van der Waals surface area contributed by atoms with Crippen LogP contribution in [0.15, 0.2) is 0 Å². The van der Waals surface area contributed by atoms with Crippen LogP contribution in [-0.2, 0) is 9.53 Å². The summed E-state index contributed by atoms with van der Waals surface area (Å²) in [4.78, 5) is 8.90. The second-order valence-corrected chi connectivity index (χ2v) is 4.78. The fourth-order valence-electron chi connectivity index (χ4n) is 1.06.